The molecule has 2 aromatic rings. The minimum Gasteiger partial charge on any atom is -0.481 e. The Morgan fingerprint density at radius 1 is 1.16 bits per heavy atom. The summed E-state index contributed by atoms with van der Waals surface area (Å²) in [5.74, 6) is 0.565. The molecule has 2 rings (SSSR count). The van der Waals surface area contributed by atoms with Crippen molar-refractivity contribution in [3.63, 3.8) is 0 Å². The summed E-state index contributed by atoms with van der Waals surface area (Å²) in [6.07, 6.45) is 0.986. The molecular formula is C20H25ClN2O2. The SMILES string of the molecule is CC[C@@H](Oc1ccc(Cl)cc1)C(=O)NCCCN(C)c1ccccc1. The number of halogens is 1. The van der Waals surface area contributed by atoms with Crippen molar-refractivity contribution in [1.29, 1.82) is 0 Å². The van der Waals surface area contributed by atoms with Crippen molar-refractivity contribution in [1.82, 2.24) is 5.32 Å². The third-order valence-corrected chi connectivity index (χ3v) is 4.17. The van der Waals surface area contributed by atoms with E-state index < -0.39 is 6.10 Å². The van der Waals surface area contributed by atoms with E-state index in [9.17, 15) is 4.79 Å². The molecule has 0 aliphatic heterocycles. The number of nitrogens with one attached hydrogen (secondary N) is 1. The number of nitrogens with zero attached hydrogens (tertiary/aromatic N) is 1. The standard InChI is InChI=1S/C20H25ClN2O2/c1-3-19(25-18-12-10-16(21)11-13-18)20(24)22-14-7-15-23(2)17-8-5-4-6-9-17/h4-6,8-13,19H,3,7,14-15H2,1-2H3,(H,22,24)/t19-/m1/s1. The van der Waals surface area contributed by atoms with Crippen LogP contribution < -0.4 is 15.0 Å². The minimum absolute atomic E-state index is 0.0835. The van der Waals surface area contributed by atoms with E-state index >= 15 is 0 Å². The van der Waals surface area contributed by atoms with Crippen LogP contribution in [-0.2, 0) is 4.79 Å². The van der Waals surface area contributed by atoms with Gasteiger partial charge in [-0.25, -0.2) is 0 Å². The van der Waals surface area contributed by atoms with E-state index in [-0.39, 0.29) is 5.91 Å². The van der Waals surface area contributed by atoms with Crippen molar-refractivity contribution in [3.8, 4) is 5.75 Å². The maximum atomic E-state index is 12.3. The van der Waals surface area contributed by atoms with E-state index in [1.165, 1.54) is 5.69 Å². The van der Waals surface area contributed by atoms with Crippen LogP contribution in [0.25, 0.3) is 0 Å². The molecule has 0 aromatic heterocycles. The highest BCUT2D eigenvalue weighted by atomic mass is 35.5. The van der Waals surface area contributed by atoms with E-state index in [1.54, 1.807) is 24.3 Å². The normalized spacial score (nSPS) is 11.6. The molecule has 0 spiro atoms. The summed E-state index contributed by atoms with van der Waals surface area (Å²) in [6, 6.07) is 17.2. The summed E-state index contributed by atoms with van der Waals surface area (Å²) >= 11 is 5.86. The third-order valence-electron chi connectivity index (χ3n) is 3.92. The molecule has 0 aliphatic carbocycles. The van der Waals surface area contributed by atoms with Crippen LogP contribution in [0, 0.1) is 0 Å². The minimum atomic E-state index is -0.493. The molecule has 0 bridgehead atoms. The number of carbonyl (C=O) groups excluding carboxylic acids is 1. The van der Waals surface area contributed by atoms with Gasteiger partial charge in [-0.05, 0) is 49.2 Å². The Morgan fingerprint density at radius 2 is 1.84 bits per heavy atom. The molecule has 0 saturated heterocycles. The summed E-state index contributed by atoms with van der Waals surface area (Å²) in [7, 11) is 2.05. The molecule has 0 heterocycles. The van der Waals surface area contributed by atoms with E-state index in [1.807, 2.05) is 25.1 Å². The molecule has 0 fully saturated rings. The van der Waals surface area contributed by atoms with Crippen molar-refractivity contribution in [2.45, 2.75) is 25.9 Å². The third kappa shape index (κ3) is 6.31. The van der Waals surface area contributed by atoms with Gasteiger partial charge in [0.15, 0.2) is 6.10 Å². The van der Waals surface area contributed by atoms with Gasteiger partial charge in [-0.1, -0.05) is 36.7 Å². The van der Waals surface area contributed by atoms with Crippen LogP contribution in [0.2, 0.25) is 5.02 Å². The molecule has 0 aliphatic rings. The number of rotatable bonds is 9. The Kier molecular flexibility index (Phi) is 7.61. The number of ether oxygens (including phenoxy) is 1. The van der Waals surface area contributed by atoms with E-state index in [0.29, 0.717) is 23.7 Å². The van der Waals surface area contributed by atoms with E-state index in [4.69, 9.17) is 16.3 Å². The van der Waals surface area contributed by atoms with Crippen LogP contribution in [0.4, 0.5) is 5.69 Å². The highest BCUT2D eigenvalue weighted by Crippen LogP contribution is 2.17. The lowest BCUT2D eigenvalue weighted by Crippen LogP contribution is -2.39. The quantitative estimate of drug-likeness (QED) is 0.683. The topological polar surface area (TPSA) is 41.6 Å². The van der Waals surface area contributed by atoms with Crippen LogP contribution in [-0.4, -0.2) is 32.1 Å². The monoisotopic (exact) mass is 360 g/mol. The molecule has 134 valence electrons. The second kappa shape index (κ2) is 9.94. The first kappa shape index (κ1) is 19.1. The predicted octanol–water partition coefficient (Wildman–Crippen LogP) is 4.14. The van der Waals surface area contributed by atoms with Gasteiger partial charge in [0.05, 0.1) is 0 Å². The van der Waals surface area contributed by atoms with Crippen molar-refractivity contribution in [2.75, 3.05) is 25.0 Å². The predicted molar refractivity (Wildman–Crippen MR) is 103 cm³/mol. The van der Waals surface area contributed by atoms with Gasteiger partial charge in [-0.15, -0.1) is 0 Å². The molecular weight excluding hydrogens is 336 g/mol. The molecule has 0 unspecified atom stereocenters. The van der Waals surface area contributed by atoms with Crippen LogP contribution in [0.3, 0.4) is 0 Å². The van der Waals surface area contributed by atoms with Gasteiger partial charge >= 0.3 is 0 Å². The first-order valence-electron chi connectivity index (χ1n) is 8.56. The van der Waals surface area contributed by atoms with E-state index in [0.717, 1.165) is 13.0 Å². The van der Waals surface area contributed by atoms with Gasteiger partial charge < -0.3 is 15.0 Å². The molecule has 5 heteroatoms. The molecule has 2 aromatic carbocycles. The second-order valence-electron chi connectivity index (χ2n) is 5.87. The van der Waals surface area contributed by atoms with Crippen molar-refractivity contribution in [2.24, 2.45) is 0 Å². The highest BCUT2D eigenvalue weighted by molar-refractivity contribution is 6.30. The summed E-state index contributed by atoms with van der Waals surface area (Å²) in [5, 5.41) is 3.60. The lowest BCUT2D eigenvalue weighted by Gasteiger charge is -2.20. The Labute approximate surface area is 154 Å². The van der Waals surface area contributed by atoms with Gasteiger partial charge in [-0.2, -0.15) is 0 Å². The Hall–Kier alpha value is -2.20. The maximum Gasteiger partial charge on any atom is 0.261 e. The number of para-hydroxylation sites is 1. The molecule has 25 heavy (non-hydrogen) atoms. The van der Waals surface area contributed by atoms with Crippen LogP contribution >= 0.6 is 11.6 Å². The average molecular weight is 361 g/mol. The average Bonchev–Trinajstić information content (AvgIpc) is 2.65. The summed E-state index contributed by atoms with van der Waals surface area (Å²) in [4.78, 5) is 14.5. The number of carbonyl (C=O) groups is 1. The van der Waals surface area contributed by atoms with Gasteiger partial charge in [0.25, 0.3) is 5.91 Å². The number of benzene rings is 2. The Balaban J connectivity index is 1.73. The lowest BCUT2D eigenvalue weighted by molar-refractivity contribution is -0.128. The van der Waals surface area contributed by atoms with Gasteiger partial charge in [0.2, 0.25) is 0 Å². The van der Waals surface area contributed by atoms with Crippen molar-refractivity contribution < 1.29 is 9.53 Å². The smallest absolute Gasteiger partial charge is 0.261 e. The number of hydrogen-bond acceptors (Lipinski definition) is 3. The van der Waals surface area contributed by atoms with Gasteiger partial charge in [0.1, 0.15) is 5.75 Å². The summed E-state index contributed by atoms with van der Waals surface area (Å²) < 4.78 is 5.75. The Morgan fingerprint density at radius 3 is 2.48 bits per heavy atom. The van der Waals surface area contributed by atoms with Crippen LogP contribution in [0.1, 0.15) is 19.8 Å². The molecule has 0 saturated carbocycles. The summed E-state index contributed by atoms with van der Waals surface area (Å²) in [6.45, 7) is 3.43. The number of amides is 1. The fourth-order valence-corrected chi connectivity index (χ4v) is 2.58. The lowest BCUT2D eigenvalue weighted by atomic mass is 10.2. The molecule has 1 amide bonds. The zero-order valence-corrected chi connectivity index (χ0v) is 15.5. The number of anilines is 1. The molecule has 0 radical (unpaired) electrons. The fraction of sp³-hybridized carbons (Fsp3) is 0.350. The van der Waals surface area contributed by atoms with Gasteiger partial charge in [-0.3, -0.25) is 4.79 Å². The molecule has 1 N–H and O–H groups in total. The molecule has 1 atom stereocenters. The fourth-order valence-electron chi connectivity index (χ4n) is 2.45. The number of hydrogen-bond donors (Lipinski definition) is 1. The van der Waals surface area contributed by atoms with E-state index in [2.05, 4.69) is 29.4 Å². The zero-order chi connectivity index (χ0) is 18.1. The first-order valence-corrected chi connectivity index (χ1v) is 8.94. The zero-order valence-electron chi connectivity index (χ0n) is 14.7. The summed E-state index contributed by atoms with van der Waals surface area (Å²) in [5.41, 5.74) is 1.17. The van der Waals surface area contributed by atoms with Crippen LogP contribution in [0.15, 0.2) is 54.6 Å². The van der Waals surface area contributed by atoms with Crippen LogP contribution in [0.5, 0.6) is 5.75 Å². The van der Waals surface area contributed by atoms with Crippen molar-refractivity contribution in [3.05, 3.63) is 59.6 Å². The first-order chi connectivity index (χ1) is 12.1. The maximum absolute atomic E-state index is 12.3. The molecule has 4 nitrogen and oxygen atoms in total. The highest BCUT2D eigenvalue weighted by Gasteiger charge is 2.17. The largest absolute Gasteiger partial charge is 0.481 e. The Bertz CT molecular complexity index is 647. The van der Waals surface area contributed by atoms with Crippen molar-refractivity contribution >= 4 is 23.2 Å². The van der Waals surface area contributed by atoms with Gasteiger partial charge in [0, 0.05) is 30.8 Å². The second-order valence-corrected chi connectivity index (χ2v) is 6.31.